The zero-order valence-electron chi connectivity index (χ0n) is 21.8. The summed E-state index contributed by atoms with van der Waals surface area (Å²) in [6.07, 6.45) is 0.133. The Labute approximate surface area is 224 Å². The van der Waals surface area contributed by atoms with Crippen LogP contribution in [0.4, 0.5) is 4.79 Å². The molecular formula is C24H39ClN2O9S. The molecule has 0 aromatic heterocycles. The van der Waals surface area contributed by atoms with E-state index in [-0.39, 0.29) is 28.6 Å². The summed E-state index contributed by atoms with van der Waals surface area (Å²) in [5.74, 6) is -0.985. The molecule has 0 heterocycles. The van der Waals surface area contributed by atoms with Crippen LogP contribution in [0.2, 0.25) is 5.02 Å². The standard InChI is InChI=1S/C24H39ClN2O9S/c1-4-10-33-13-15-35-16-14-34-12-9-27-23(28)21-17-20(7-8-22(21)25)37(30,31)18-19(6-5-11-32-3)36-24(29)26-2/h7-8,17,19H,4-6,9-16,18H2,1-3H3,(H,26,29)(H,27,28). The van der Waals surface area contributed by atoms with Crippen molar-refractivity contribution in [2.45, 2.75) is 37.2 Å². The number of sulfone groups is 1. The van der Waals surface area contributed by atoms with Crippen LogP contribution in [-0.2, 0) is 33.5 Å². The average molecular weight is 567 g/mol. The van der Waals surface area contributed by atoms with Gasteiger partial charge in [0.15, 0.2) is 9.84 Å². The van der Waals surface area contributed by atoms with Crippen LogP contribution >= 0.6 is 11.6 Å². The van der Waals surface area contributed by atoms with Crippen molar-refractivity contribution in [3.05, 3.63) is 28.8 Å². The topological polar surface area (TPSA) is 138 Å². The van der Waals surface area contributed by atoms with E-state index in [9.17, 15) is 18.0 Å². The third kappa shape index (κ3) is 14.0. The number of ether oxygens (including phenoxy) is 5. The van der Waals surface area contributed by atoms with E-state index in [1.807, 2.05) is 6.92 Å². The monoisotopic (exact) mass is 566 g/mol. The molecule has 1 aromatic rings. The molecule has 0 bridgehead atoms. The number of hydrogen-bond acceptors (Lipinski definition) is 9. The molecule has 2 N–H and O–H groups in total. The number of halogens is 1. The molecule has 0 radical (unpaired) electrons. The fourth-order valence-corrected chi connectivity index (χ4v) is 4.77. The van der Waals surface area contributed by atoms with Crippen LogP contribution in [0.25, 0.3) is 0 Å². The Morgan fingerprint density at radius 1 is 1.00 bits per heavy atom. The second-order valence-corrected chi connectivity index (χ2v) is 10.4. The van der Waals surface area contributed by atoms with E-state index < -0.39 is 33.7 Å². The van der Waals surface area contributed by atoms with Crippen molar-refractivity contribution >= 4 is 33.4 Å². The van der Waals surface area contributed by atoms with Gasteiger partial charge in [-0.1, -0.05) is 18.5 Å². The van der Waals surface area contributed by atoms with Gasteiger partial charge in [-0.05, 0) is 37.5 Å². The van der Waals surface area contributed by atoms with Crippen LogP contribution in [0.1, 0.15) is 36.5 Å². The number of methoxy groups -OCH3 is 1. The Bertz CT molecular complexity index is 915. The molecule has 0 spiro atoms. The van der Waals surface area contributed by atoms with Crippen molar-refractivity contribution in [1.82, 2.24) is 10.6 Å². The van der Waals surface area contributed by atoms with E-state index >= 15 is 0 Å². The molecule has 11 nitrogen and oxygen atoms in total. The number of carbonyl (C=O) groups is 2. The quantitative estimate of drug-likeness (QED) is 0.228. The average Bonchev–Trinajstić information content (AvgIpc) is 2.87. The van der Waals surface area contributed by atoms with Gasteiger partial charge >= 0.3 is 6.09 Å². The van der Waals surface area contributed by atoms with E-state index in [4.69, 9.17) is 35.3 Å². The van der Waals surface area contributed by atoms with Crippen LogP contribution in [0, 0.1) is 0 Å². The van der Waals surface area contributed by atoms with Gasteiger partial charge in [0.2, 0.25) is 0 Å². The summed E-state index contributed by atoms with van der Waals surface area (Å²) in [4.78, 5) is 24.2. The van der Waals surface area contributed by atoms with E-state index in [0.717, 1.165) is 6.42 Å². The summed E-state index contributed by atoms with van der Waals surface area (Å²) in [5, 5.41) is 5.07. The largest absolute Gasteiger partial charge is 0.445 e. The lowest BCUT2D eigenvalue weighted by Gasteiger charge is -2.18. The molecule has 0 saturated heterocycles. The Hall–Kier alpha value is -1.96. The second kappa shape index (κ2) is 19.2. The number of rotatable bonds is 20. The van der Waals surface area contributed by atoms with Crippen molar-refractivity contribution in [1.29, 1.82) is 0 Å². The van der Waals surface area contributed by atoms with Crippen LogP contribution in [-0.4, -0.2) is 99.2 Å². The van der Waals surface area contributed by atoms with Gasteiger partial charge in [0, 0.05) is 33.9 Å². The molecule has 1 rings (SSSR count). The van der Waals surface area contributed by atoms with Gasteiger partial charge in [-0.15, -0.1) is 0 Å². The van der Waals surface area contributed by atoms with Gasteiger partial charge in [-0.25, -0.2) is 13.2 Å². The molecular weight excluding hydrogens is 528 g/mol. The van der Waals surface area contributed by atoms with E-state index in [0.29, 0.717) is 52.5 Å². The van der Waals surface area contributed by atoms with Crippen molar-refractivity contribution in [3.8, 4) is 0 Å². The lowest BCUT2D eigenvalue weighted by molar-refractivity contribution is 0.0152. The van der Waals surface area contributed by atoms with Gasteiger partial charge in [0.05, 0.1) is 54.3 Å². The van der Waals surface area contributed by atoms with Gasteiger partial charge in [-0.2, -0.15) is 0 Å². The third-order valence-corrected chi connectivity index (χ3v) is 7.04. The summed E-state index contributed by atoms with van der Waals surface area (Å²) in [6.45, 7) is 5.38. The summed E-state index contributed by atoms with van der Waals surface area (Å²) in [6, 6.07) is 3.88. The van der Waals surface area contributed by atoms with Crippen LogP contribution in [0.15, 0.2) is 23.1 Å². The first-order valence-electron chi connectivity index (χ1n) is 12.2. The number of nitrogens with one attached hydrogen (secondary N) is 2. The highest BCUT2D eigenvalue weighted by Gasteiger charge is 2.25. The van der Waals surface area contributed by atoms with Crippen LogP contribution < -0.4 is 10.6 Å². The van der Waals surface area contributed by atoms with E-state index in [2.05, 4.69) is 10.6 Å². The highest BCUT2D eigenvalue weighted by atomic mass is 35.5. The fourth-order valence-electron chi connectivity index (χ4n) is 3.07. The number of alkyl carbamates (subject to hydrolysis) is 1. The van der Waals surface area contributed by atoms with Crippen molar-refractivity contribution in [2.75, 3.05) is 72.7 Å². The van der Waals surface area contributed by atoms with Gasteiger partial charge in [0.1, 0.15) is 6.10 Å². The minimum absolute atomic E-state index is 0.0151. The molecule has 1 unspecified atom stereocenters. The van der Waals surface area contributed by atoms with Crippen molar-refractivity contribution < 1.29 is 41.7 Å². The number of hydrogen-bond donors (Lipinski definition) is 2. The first kappa shape index (κ1) is 33.1. The first-order chi connectivity index (χ1) is 17.7. The summed E-state index contributed by atoms with van der Waals surface area (Å²) in [5.41, 5.74) is 0.0151. The lowest BCUT2D eigenvalue weighted by Crippen LogP contribution is -2.31. The van der Waals surface area contributed by atoms with Crippen LogP contribution in [0.5, 0.6) is 0 Å². The SMILES string of the molecule is CCCOCCOCCOCCNC(=O)c1cc(S(=O)(=O)CC(CCCOC)OC(=O)NC)ccc1Cl. The van der Waals surface area contributed by atoms with Crippen molar-refractivity contribution in [3.63, 3.8) is 0 Å². The van der Waals surface area contributed by atoms with Gasteiger partial charge in [-0.3, -0.25) is 4.79 Å². The molecule has 0 saturated carbocycles. The highest BCUT2D eigenvalue weighted by molar-refractivity contribution is 7.91. The van der Waals surface area contributed by atoms with E-state index in [1.165, 1.54) is 32.4 Å². The zero-order valence-corrected chi connectivity index (χ0v) is 23.3. The molecule has 212 valence electrons. The zero-order chi connectivity index (χ0) is 27.5. The number of benzene rings is 1. The normalized spacial score (nSPS) is 12.2. The second-order valence-electron chi connectivity index (χ2n) is 7.93. The molecule has 0 fully saturated rings. The van der Waals surface area contributed by atoms with Crippen LogP contribution in [0.3, 0.4) is 0 Å². The fraction of sp³-hybridized carbons (Fsp3) is 0.667. The highest BCUT2D eigenvalue weighted by Crippen LogP contribution is 2.23. The Morgan fingerprint density at radius 3 is 2.27 bits per heavy atom. The molecule has 13 heteroatoms. The first-order valence-corrected chi connectivity index (χ1v) is 14.2. The summed E-state index contributed by atoms with van der Waals surface area (Å²) < 4.78 is 52.4. The molecule has 0 aliphatic carbocycles. The lowest BCUT2D eigenvalue weighted by atomic mass is 10.2. The number of carbonyl (C=O) groups excluding carboxylic acids is 2. The molecule has 1 aromatic carbocycles. The molecule has 0 aliphatic rings. The molecule has 1 atom stereocenters. The van der Waals surface area contributed by atoms with Crippen molar-refractivity contribution in [2.24, 2.45) is 0 Å². The summed E-state index contributed by atoms with van der Waals surface area (Å²) in [7, 11) is -0.989. The molecule has 37 heavy (non-hydrogen) atoms. The van der Waals surface area contributed by atoms with Gasteiger partial charge < -0.3 is 34.3 Å². The van der Waals surface area contributed by atoms with Gasteiger partial charge in [0.25, 0.3) is 5.91 Å². The Balaban J connectivity index is 2.61. The van der Waals surface area contributed by atoms with E-state index in [1.54, 1.807) is 0 Å². The minimum Gasteiger partial charge on any atom is -0.445 e. The maximum Gasteiger partial charge on any atom is 0.407 e. The predicted octanol–water partition coefficient (Wildman–Crippen LogP) is 2.45. The Morgan fingerprint density at radius 2 is 1.65 bits per heavy atom. The maximum absolute atomic E-state index is 13.0. The molecule has 0 aliphatic heterocycles. The third-order valence-electron chi connectivity index (χ3n) is 4.92. The minimum atomic E-state index is -3.90. The smallest absolute Gasteiger partial charge is 0.407 e. The number of amides is 2. The Kier molecular flexibility index (Phi) is 17.1. The summed E-state index contributed by atoms with van der Waals surface area (Å²) >= 11 is 6.16. The maximum atomic E-state index is 13.0. The molecule has 2 amide bonds. The predicted molar refractivity (Wildman–Crippen MR) is 139 cm³/mol.